The highest BCUT2D eigenvalue weighted by molar-refractivity contribution is 5.49. The van der Waals surface area contributed by atoms with E-state index < -0.39 is 35.0 Å². The Balaban J connectivity index is 2.34. The van der Waals surface area contributed by atoms with E-state index >= 15 is 0 Å². The third-order valence-corrected chi connectivity index (χ3v) is 2.68. The van der Waals surface area contributed by atoms with Crippen LogP contribution >= 0.6 is 0 Å². The predicted octanol–water partition coefficient (Wildman–Crippen LogP) is 3.81. The summed E-state index contributed by atoms with van der Waals surface area (Å²) in [5.74, 6) is -5.77. The molecule has 0 saturated heterocycles. The van der Waals surface area contributed by atoms with Crippen molar-refractivity contribution in [1.29, 1.82) is 0 Å². The fraction of sp³-hybridized carbons (Fsp3) is 0.154. The van der Waals surface area contributed by atoms with Gasteiger partial charge in [-0.1, -0.05) is 0 Å². The number of nitrogens with one attached hydrogen (secondary N) is 1. The van der Waals surface area contributed by atoms with Crippen LogP contribution in [-0.4, -0.2) is 4.98 Å². The van der Waals surface area contributed by atoms with Crippen LogP contribution in [0.4, 0.5) is 23.2 Å². The van der Waals surface area contributed by atoms with Crippen LogP contribution in [0.2, 0.25) is 0 Å². The van der Waals surface area contributed by atoms with Crippen LogP contribution in [0.5, 0.6) is 0 Å². The molecule has 1 aromatic heterocycles. The van der Waals surface area contributed by atoms with Crippen LogP contribution in [0.3, 0.4) is 0 Å². The van der Waals surface area contributed by atoms with Crippen molar-refractivity contribution in [2.24, 2.45) is 0 Å². The first-order chi connectivity index (χ1) is 9.00. The van der Waals surface area contributed by atoms with E-state index in [1.807, 2.05) is 0 Å². The first kappa shape index (κ1) is 13.3. The maximum Gasteiger partial charge on any atom is 0.185 e. The average Bonchev–Trinajstić information content (AvgIpc) is 2.42. The molecule has 2 rings (SSSR count). The molecule has 1 atom stereocenters. The molecule has 2 aromatic rings. The summed E-state index contributed by atoms with van der Waals surface area (Å²) in [6.07, 6.45) is 3.01. The van der Waals surface area contributed by atoms with Gasteiger partial charge in [-0.25, -0.2) is 17.6 Å². The zero-order chi connectivity index (χ0) is 14.0. The Labute approximate surface area is 107 Å². The Hall–Kier alpha value is -2.11. The molecule has 0 bridgehead atoms. The number of anilines is 1. The number of halogens is 4. The molecule has 0 fully saturated rings. The smallest absolute Gasteiger partial charge is 0.185 e. The largest absolute Gasteiger partial charge is 0.374 e. The maximum atomic E-state index is 13.5. The quantitative estimate of drug-likeness (QED) is 0.677. The highest BCUT2D eigenvalue weighted by atomic mass is 19.2. The van der Waals surface area contributed by atoms with Crippen LogP contribution in [0.15, 0.2) is 30.6 Å². The van der Waals surface area contributed by atoms with Gasteiger partial charge in [-0.3, -0.25) is 4.98 Å². The Morgan fingerprint density at radius 2 is 1.53 bits per heavy atom. The number of pyridine rings is 1. The molecule has 100 valence electrons. The van der Waals surface area contributed by atoms with Gasteiger partial charge in [0.2, 0.25) is 0 Å². The Bertz CT molecular complexity index is 561. The highest BCUT2D eigenvalue weighted by Gasteiger charge is 2.20. The molecule has 0 radical (unpaired) electrons. The summed E-state index contributed by atoms with van der Waals surface area (Å²) in [6, 6.07) is 2.90. The lowest BCUT2D eigenvalue weighted by Crippen LogP contribution is -2.11. The van der Waals surface area contributed by atoms with Gasteiger partial charge in [-0.05, 0) is 24.6 Å². The lowest BCUT2D eigenvalue weighted by Gasteiger charge is -2.17. The van der Waals surface area contributed by atoms with E-state index in [1.54, 1.807) is 19.1 Å². The van der Waals surface area contributed by atoms with Crippen molar-refractivity contribution < 1.29 is 17.6 Å². The van der Waals surface area contributed by atoms with E-state index in [0.717, 1.165) is 0 Å². The van der Waals surface area contributed by atoms with Crippen LogP contribution in [-0.2, 0) is 0 Å². The molecule has 0 aliphatic heterocycles. The minimum atomic E-state index is -1.44. The molecule has 1 heterocycles. The molecule has 0 saturated carbocycles. The lowest BCUT2D eigenvalue weighted by atomic mass is 10.1. The number of benzene rings is 1. The number of hydrogen-bond donors (Lipinski definition) is 1. The van der Waals surface area contributed by atoms with Crippen molar-refractivity contribution >= 4 is 5.69 Å². The van der Waals surface area contributed by atoms with Crippen molar-refractivity contribution in [2.45, 2.75) is 13.0 Å². The van der Waals surface area contributed by atoms with E-state index in [9.17, 15) is 17.6 Å². The van der Waals surface area contributed by atoms with E-state index in [2.05, 4.69) is 10.3 Å². The Morgan fingerprint density at radius 1 is 1.00 bits per heavy atom. The third-order valence-electron chi connectivity index (χ3n) is 2.68. The monoisotopic (exact) mass is 270 g/mol. The molecular weight excluding hydrogens is 260 g/mol. The van der Waals surface area contributed by atoms with Gasteiger partial charge in [-0.15, -0.1) is 0 Å². The third kappa shape index (κ3) is 2.67. The van der Waals surface area contributed by atoms with Crippen LogP contribution in [0.1, 0.15) is 18.5 Å². The summed E-state index contributed by atoms with van der Waals surface area (Å²) >= 11 is 0. The van der Waals surface area contributed by atoms with Gasteiger partial charge in [-0.2, -0.15) is 0 Å². The second kappa shape index (κ2) is 5.26. The predicted molar refractivity (Wildman–Crippen MR) is 62.5 cm³/mol. The second-order valence-corrected chi connectivity index (χ2v) is 3.99. The van der Waals surface area contributed by atoms with Crippen molar-refractivity contribution in [3.05, 3.63) is 59.4 Å². The van der Waals surface area contributed by atoms with Crippen molar-refractivity contribution in [3.8, 4) is 0 Å². The second-order valence-electron chi connectivity index (χ2n) is 3.99. The van der Waals surface area contributed by atoms with Crippen LogP contribution < -0.4 is 5.32 Å². The Kier molecular flexibility index (Phi) is 3.69. The number of nitrogens with zero attached hydrogens (tertiary/aromatic N) is 1. The molecule has 0 aliphatic rings. The van der Waals surface area contributed by atoms with E-state index in [1.165, 1.54) is 12.4 Å². The van der Waals surface area contributed by atoms with E-state index in [0.29, 0.717) is 5.56 Å². The molecule has 1 unspecified atom stereocenters. The van der Waals surface area contributed by atoms with E-state index in [-0.39, 0.29) is 6.07 Å². The number of rotatable bonds is 3. The van der Waals surface area contributed by atoms with Gasteiger partial charge >= 0.3 is 0 Å². The summed E-state index contributed by atoms with van der Waals surface area (Å²) < 4.78 is 53.0. The van der Waals surface area contributed by atoms with Gasteiger partial charge in [0.25, 0.3) is 0 Å². The van der Waals surface area contributed by atoms with Crippen molar-refractivity contribution in [2.75, 3.05) is 5.32 Å². The zero-order valence-electron chi connectivity index (χ0n) is 9.92. The molecule has 6 heteroatoms. The molecule has 0 amide bonds. The van der Waals surface area contributed by atoms with Crippen molar-refractivity contribution in [3.63, 3.8) is 0 Å². The fourth-order valence-electron chi connectivity index (χ4n) is 1.65. The number of aromatic nitrogens is 1. The van der Waals surface area contributed by atoms with Crippen LogP contribution in [0.25, 0.3) is 0 Å². The SMILES string of the molecule is CC(Nc1c(F)c(F)cc(F)c1F)c1ccncc1. The van der Waals surface area contributed by atoms with E-state index in [4.69, 9.17) is 0 Å². The summed E-state index contributed by atoms with van der Waals surface area (Å²) in [4.78, 5) is 3.80. The first-order valence-electron chi connectivity index (χ1n) is 5.50. The highest BCUT2D eigenvalue weighted by Crippen LogP contribution is 2.27. The van der Waals surface area contributed by atoms with Gasteiger partial charge in [0.15, 0.2) is 23.3 Å². The van der Waals surface area contributed by atoms with Gasteiger partial charge < -0.3 is 5.32 Å². The van der Waals surface area contributed by atoms with Gasteiger partial charge in [0.05, 0.1) is 0 Å². The molecule has 1 aromatic carbocycles. The first-order valence-corrected chi connectivity index (χ1v) is 5.50. The normalized spacial score (nSPS) is 12.3. The van der Waals surface area contributed by atoms with Crippen molar-refractivity contribution in [1.82, 2.24) is 4.98 Å². The Morgan fingerprint density at radius 3 is 2.05 bits per heavy atom. The lowest BCUT2D eigenvalue weighted by molar-refractivity contribution is 0.457. The molecule has 0 spiro atoms. The zero-order valence-corrected chi connectivity index (χ0v) is 9.92. The summed E-state index contributed by atoms with van der Waals surface area (Å²) in [5, 5.41) is 2.42. The van der Waals surface area contributed by atoms with Gasteiger partial charge in [0.1, 0.15) is 5.69 Å². The van der Waals surface area contributed by atoms with Gasteiger partial charge in [0, 0.05) is 24.5 Å². The minimum absolute atomic E-state index is 0.174. The molecular formula is C13H10F4N2. The summed E-state index contributed by atoms with van der Waals surface area (Å²) in [5.41, 5.74) is -0.139. The minimum Gasteiger partial charge on any atom is -0.374 e. The summed E-state index contributed by atoms with van der Waals surface area (Å²) in [7, 11) is 0. The molecule has 0 aliphatic carbocycles. The average molecular weight is 270 g/mol. The molecule has 2 nitrogen and oxygen atoms in total. The van der Waals surface area contributed by atoms with Crippen LogP contribution in [0, 0.1) is 23.3 Å². The standard InChI is InChI=1S/C13H10F4N2/c1-7(8-2-4-18-5-3-8)19-13-11(16)9(14)6-10(15)12(13)17/h2-7,19H,1H3. The maximum absolute atomic E-state index is 13.5. The number of hydrogen-bond acceptors (Lipinski definition) is 2. The summed E-state index contributed by atoms with van der Waals surface area (Å²) in [6.45, 7) is 1.61. The molecule has 1 N–H and O–H groups in total. The fourth-order valence-corrected chi connectivity index (χ4v) is 1.65. The molecule has 19 heavy (non-hydrogen) atoms. The topological polar surface area (TPSA) is 24.9 Å².